The lowest BCUT2D eigenvalue weighted by molar-refractivity contribution is 0.625. The Morgan fingerprint density at radius 1 is 1.40 bits per heavy atom. The maximum absolute atomic E-state index is 13.0. The molecule has 0 aliphatic heterocycles. The molecule has 0 unspecified atom stereocenters. The lowest BCUT2D eigenvalue weighted by atomic mass is 10.3. The minimum atomic E-state index is -0.269. The number of nitrogens with zero attached hydrogens (tertiary/aromatic N) is 2. The van der Waals surface area contributed by atoms with Gasteiger partial charge in [-0.3, -0.25) is 0 Å². The van der Waals surface area contributed by atoms with Crippen molar-refractivity contribution in [3.05, 3.63) is 47.5 Å². The number of hydrogen-bond acceptors (Lipinski definition) is 1. The molecule has 2 rings (SSSR count). The summed E-state index contributed by atoms with van der Waals surface area (Å²) in [6.45, 7) is 1.91. The largest absolute Gasteiger partial charge is 0.238 e. The Kier molecular flexibility index (Phi) is 2.73. The average molecular weight is 225 g/mol. The molecule has 2 aromatic rings. The van der Waals surface area contributed by atoms with Gasteiger partial charge in [0.05, 0.1) is 17.3 Å². The van der Waals surface area contributed by atoms with Crippen molar-refractivity contribution in [3.8, 4) is 5.69 Å². The van der Waals surface area contributed by atoms with Crippen LogP contribution < -0.4 is 0 Å². The lowest BCUT2D eigenvalue weighted by Gasteiger charge is -2.03. The monoisotopic (exact) mass is 224 g/mol. The van der Waals surface area contributed by atoms with E-state index in [0.29, 0.717) is 11.6 Å². The zero-order valence-electron chi connectivity index (χ0n) is 8.24. The van der Waals surface area contributed by atoms with Gasteiger partial charge in [0, 0.05) is 5.69 Å². The van der Waals surface area contributed by atoms with E-state index in [-0.39, 0.29) is 5.82 Å². The first-order chi connectivity index (χ1) is 7.20. The van der Waals surface area contributed by atoms with E-state index in [0.717, 1.165) is 11.4 Å². The van der Waals surface area contributed by atoms with Gasteiger partial charge >= 0.3 is 0 Å². The predicted octanol–water partition coefficient (Wildman–Crippen LogP) is 3.06. The topological polar surface area (TPSA) is 17.8 Å². The first-order valence-electron chi connectivity index (χ1n) is 4.58. The van der Waals surface area contributed by atoms with Gasteiger partial charge in [-0.1, -0.05) is 6.07 Å². The molecule has 0 amide bonds. The smallest absolute Gasteiger partial charge is 0.125 e. The maximum Gasteiger partial charge on any atom is 0.125 e. The molecule has 0 aliphatic rings. The second-order valence-electron chi connectivity index (χ2n) is 3.30. The molecule has 2 nitrogen and oxygen atoms in total. The van der Waals surface area contributed by atoms with Crippen LogP contribution in [-0.4, -0.2) is 9.78 Å². The average Bonchev–Trinajstić information content (AvgIpc) is 2.60. The third-order valence-electron chi connectivity index (χ3n) is 2.13. The van der Waals surface area contributed by atoms with Crippen LogP contribution in [0.1, 0.15) is 11.4 Å². The second kappa shape index (κ2) is 4.03. The van der Waals surface area contributed by atoms with Gasteiger partial charge in [0.15, 0.2) is 0 Å². The highest BCUT2D eigenvalue weighted by atomic mass is 35.5. The van der Waals surface area contributed by atoms with Crippen LogP contribution in [-0.2, 0) is 5.88 Å². The van der Waals surface area contributed by atoms with Crippen molar-refractivity contribution in [2.45, 2.75) is 12.8 Å². The van der Waals surface area contributed by atoms with Crippen molar-refractivity contribution in [1.82, 2.24) is 9.78 Å². The van der Waals surface area contributed by atoms with Gasteiger partial charge in [-0.15, -0.1) is 11.6 Å². The Morgan fingerprint density at radius 2 is 2.20 bits per heavy atom. The van der Waals surface area contributed by atoms with E-state index >= 15 is 0 Å². The highest BCUT2D eigenvalue weighted by Gasteiger charge is 2.05. The van der Waals surface area contributed by atoms with Gasteiger partial charge in [-0.2, -0.15) is 5.10 Å². The lowest BCUT2D eigenvalue weighted by Crippen LogP contribution is -1.99. The molecule has 1 aromatic heterocycles. The molecule has 0 bridgehead atoms. The number of hydrogen-bond donors (Lipinski definition) is 0. The van der Waals surface area contributed by atoms with Crippen molar-refractivity contribution in [3.63, 3.8) is 0 Å². The van der Waals surface area contributed by atoms with E-state index < -0.39 is 0 Å². The normalized spacial score (nSPS) is 10.6. The fourth-order valence-electron chi connectivity index (χ4n) is 1.47. The van der Waals surface area contributed by atoms with Gasteiger partial charge in [-0.05, 0) is 31.2 Å². The number of aryl methyl sites for hydroxylation is 1. The van der Waals surface area contributed by atoms with Crippen molar-refractivity contribution < 1.29 is 4.39 Å². The Morgan fingerprint density at radius 3 is 2.80 bits per heavy atom. The molecule has 0 atom stereocenters. The fraction of sp³-hybridized carbons (Fsp3) is 0.182. The van der Waals surface area contributed by atoms with Crippen molar-refractivity contribution >= 4 is 11.6 Å². The summed E-state index contributed by atoms with van der Waals surface area (Å²) in [6, 6.07) is 8.20. The van der Waals surface area contributed by atoms with E-state index in [4.69, 9.17) is 11.6 Å². The van der Waals surface area contributed by atoms with Gasteiger partial charge in [-0.25, -0.2) is 9.07 Å². The Labute approximate surface area is 92.3 Å². The van der Waals surface area contributed by atoms with Crippen LogP contribution in [0.4, 0.5) is 4.39 Å². The summed E-state index contributed by atoms with van der Waals surface area (Å²) in [5, 5.41) is 4.26. The second-order valence-corrected chi connectivity index (χ2v) is 3.57. The molecule has 0 saturated heterocycles. The van der Waals surface area contributed by atoms with Crippen LogP contribution in [0.15, 0.2) is 30.3 Å². The van der Waals surface area contributed by atoms with Crippen molar-refractivity contribution in [1.29, 1.82) is 0 Å². The SMILES string of the molecule is Cc1cc(CCl)nn1-c1cccc(F)c1. The molecule has 0 saturated carbocycles. The quantitative estimate of drug-likeness (QED) is 0.717. The number of aromatic nitrogens is 2. The summed E-state index contributed by atoms with van der Waals surface area (Å²) in [5.74, 6) is 0.0956. The third kappa shape index (κ3) is 2.02. The molecule has 1 heterocycles. The number of benzene rings is 1. The van der Waals surface area contributed by atoms with Crippen molar-refractivity contribution in [2.24, 2.45) is 0 Å². The maximum atomic E-state index is 13.0. The van der Waals surface area contributed by atoms with E-state index in [1.807, 2.05) is 13.0 Å². The van der Waals surface area contributed by atoms with Gasteiger partial charge < -0.3 is 0 Å². The molecule has 78 valence electrons. The number of rotatable bonds is 2. The molecule has 0 aliphatic carbocycles. The van der Waals surface area contributed by atoms with E-state index in [2.05, 4.69) is 5.10 Å². The van der Waals surface area contributed by atoms with Gasteiger partial charge in [0.2, 0.25) is 0 Å². The zero-order valence-corrected chi connectivity index (χ0v) is 9.00. The molecule has 0 spiro atoms. The minimum absolute atomic E-state index is 0.269. The first-order valence-corrected chi connectivity index (χ1v) is 5.11. The standard InChI is InChI=1S/C11H10ClFN2/c1-8-5-10(7-12)14-15(8)11-4-2-3-9(13)6-11/h2-6H,7H2,1H3. The summed E-state index contributed by atoms with van der Waals surface area (Å²) in [7, 11) is 0. The summed E-state index contributed by atoms with van der Waals surface area (Å²) < 4.78 is 14.7. The van der Waals surface area contributed by atoms with Crippen LogP contribution in [0.3, 0.4) is 0 Å². The predicted molar refractivity (Wildman–Crippen MR) is 57.8 cm³/mol. The van der Waals surface area contributed by atoms with Crippen molar-refractivity contribution in [2.75, 3.05) is 0 Å². The Hall–Kier alpha value is -1.35. The molecule has 0 fully saturated rings. The van der Waals surface area contributed by atoms with Gasteiger partial charge in [0.25, 0.3) is 0 Å². The molecule has 0 N–H and O–H groups in total. The van der Waals surface area contributed by atoms with E-state index in [1.54, 1.807) is 16.8 Å². The van der Waals surface area contributed by atoms with Crippen LogP contribution in [0.25, 0.3) is 5.69 Å². The molecule has 0 radical (unpaired) electrons. The first kappa shape index (κ1) is 10.2. The summed E-state index contributed by atoms with van der Waals surface area (Å²) in [4.78, 5) is 0. The van der Waals surface area contributed by atoms with Crippen LogP contribution in [0.5, 0.6) is 0 Å². The summed E-state index contributed by atoms with van der Waals surface area (Å²) >= 11 is 5.68. The molecule has 1 aromatic carbocycles. The van der Waals surface area contributed by atoms with E-state index in [1.165, 1.54) is 12.1 Å². The Balaban J connectivity index is 2.48. The molecular weight excluding hydrogens is 215 g/mol. The summed E-state index contributed by atoms with van der Waals surface area (Å²) in [5.41, 5.74) is 2.44. The zero-order chi connectivity index (χ0) is 10.8. The highest BCUT2D eigenvalue weighted by molar-refractivity contribution is 6.16. The fourth-order valence-corrected chi connectivity index (χ4v) is 1.60. The van der Waals surface area contributed by atoms with Crippen LogP contribution in [0, 0.1) is 12.7 Å². The third-order valence-corrected chi connectivity index (χ3v) is 2.40. The molecule has 15 heavy (non-hydrogen) atoms. The summed E-state index contributed by atoms with van der Waals surface area (Å²) in [6.07, 6.45) is 0. The molecule has 4 heteroatoms. The number of halogens is 2. The molecular formula is C11H10ClFN2. The highest BCUT2D eigenvalue weighted by Crippen LogP contribution is 2.14. The minimum Gasteiger partial charge on any atom is -0.238 e. The van der Waals surface area contributed by atoms with E-state index in [9.17, 15) is 4.39 Å². The number of alkyl halides is 1. The van der Waals surface area contributed by atoms with Crippen LogP contribution in [0.2, 0.25) is 0 Å². The van der Waals surface area contributed by atoms with Crippen LogP contribution >= 0.6 is 11.6 Å². The Bertz CT molecular complexity index is 479. The van der Waals surface area contributed by atoms with Gasteiger partial charge in [0.1, 0.15) is 5.82 Å².